The topological polar surface area (TPSA) is 144 Å². The number of likely N-dealkylation sites (tertiary alicyclic amines) is 1. The molecule has 2 atom stereocenters. The fourth-order valence-corrected chi connectivity index (χ4v) is 6.70. The molecular formula is C36H44ClFN6O7. The first-order valence-electron chi connectivity index (χ1n) is 16.9. The molecule has 1 fully saturated rings. The summed E-state index contributed by atoms with van der Waals surface area (Å²) in [5.74, 6) is -0.387. The fourth-order valence-electron chi connectivity index (χ4n) is 6.47. The minimum absolute atomic E-state index is 0.0396. The van der Waals surface area contributed by atoms with E-state index in [1.165, 1.54) is 25.3 Å². The highest BCUT2D eigenvalue weighted by molar-refractivity contribution is 6.33. The molecule has 5 rings (SSSR count). The van der Waals surface area contributed by atoms with E-state index < -0.39 is 41.3 Å². The Bertz CT molecular complexity index is 1930. The summed E-state index contributed by atoms with van der Waals surface area (Å²) in [4.78, 5) is 70.3. The Morgan fingerprint density at radius 2 is 1.80 bits per heavy atom. The summed E-state index contributed by atoms with van der Waals surface area (Å²) in [5, 5.41) is 5.35. The maximum atomic E-state index is 14.5. The number of urea groups is 1. The molecule has 0 saturated carbocycles. The van der Waals surface area contributed by atoms with Gasteiger partial charge in [-0.1, -0.05) is 30.7 Å². The number of nitrogens with zero attached hydrogens (tertiary/aromatic N) is 4. The predicted molar refractivity (Wildman–Crippen MR) is 191 cm³/mol. The molecule has 1 saturated heterocycles. The van der Waals surface area contributed by atoms with Crippen molar-refractivity contribution in [2.75, 3.05) is 38.7 Å². The van der Waals surface area contributed by atoms with Gasteiger partial charge in [-0.05, 0) is 70.4 Å². The van der Waals surface area contributed by atoms with Gasteiger partial charge in [-0.25, -0.2) is 18.8 Å². The van der Waals surface area contributed by atoms with E-state index in [0.29, 0.717) is 38.2 Å². The number of rotatable bonds is 8. The molecule has 15 heteroatoms. The first-order valence-corrected chi connectivity index (χ1v) is 17.2. The van der Waals surface area contributed by atoms with E-state index >= 15 is 0 Å². The standard InChI is InChI=1S/C36H44ClFN6O7/c1-21-17-43(33(47)39-29-11-10-24(50-6)16-26(21)29)23-12-14-41(15-13-23)30(45)19-42-18-27(25-8-7-9-28(38)31(25)37)32(46)44(35(42)49)22(2)20-51-34(48)40-36(3,4)5/h7-11,16,18,21-23H,12-15,17,19-20H2,1-6H3,(H,39,47)(H,40,48). The molecule has 1 aromatic heterocycles. The van der Waals surface area contributed by atoms with Gasteiger partial charge < -0.3 is 29.9 Å². The molecule has 274 valence electrons. The number of aromatic nitrogens is 2. The minimum atomic E-state index is -0.950. The molecule has 51 heavy (non-hydrogen) atoms. The van der Waals surface area contributed by atoms with Gasteiger partial charge in [0.1, 0.15) is 24.7 Å². The summed E-state index contributed by atoms with van der Waals surface area (Å²) < 4.78 is 27.2. The first-order chi connectivity index (χ1) is 24.1. The Hall–Kier alpha value is -4.85. The van der Waals surface area contributed by atoms with E-state index in [-0.39, 0.29) is 46.7 Å². The number of hydrogen-bond donors (Lipinski definition) is 2. The third kappa shape index (κ3) is 8.38. The fraction of sp³-hybridized carbons (Fsp3) is 0.472. The van der Waals surface area contributed by atoms with Crippen LogP contribution in [-0.2, 0) is 16.1 Å². The number of halogens is 2. The van der Waals surface area contributed by atoms with Crippen molar-refractivity contribution in [2.24, 2.45) is 0 Å². The van der Waals surface area contributed by atoms with Gasteiger partial charge in [0, 0.05) is 54.6 Å². The minimum Gasteiger partial charge on any atom is -0.497 e. The number of fused-ring (bicyclic) bond motifs is 1. The zero-order valence-electron chi connectivity index (χ0n) is 29.6. The summed E-state index contributed by atoms with van der Waals surface area (Å²) in [5.41, 5.74) is -0.502. The number of piperidine rings is 1. The van der Waals surface area contributed by atoms with Gasteiger partial charge in [-0.2, -0.15) is 0 Å². The SMILES string of the molecule is COc1ccc2c(c1)C(C)CN(C1CCN(C(=O)Cn3cc(-c4cccc(F)c4Cl)c(=O)n(C(C)COC(=O)NC(C)(C)C)c3=O)CC1)C(=O)N2. The molecule has 0 aliphatic carbocycles. The molecule has 0 bridgehead atoms. The quantitative estimate of drug-likeness (QED) is 0.325. The van der Waals surface area contributed by atoms with E-state index in [9.17, 15) is 28.4 Å². The van der Waals surface area contributed by atoms with Crippen LogP contribution in [0.2, 0.25) is 5.02 Å². The highest BCUT2D eigenvalue weighted by atomic mass is 35.5. The lowest BCUT2D eigenvalue weighted by Crippen LogP contribution is -2.51. The maximum absolute atomic E-state index is 14.5. The molecule has 2 aliphatic rings. The molecule has 0 radical (unpaired) electrons. The van der Waals surface area contributed by atoms with Crippen LogP contribution < -0.4 is 26.6 Å². The van der Waals surface area contributed by atoms with Crippen LogP contribution in [0.4, 0.5) is 19.7 Å². The molecule has 2 unspecified atom stereocenters. The summed E-state index contributed by atoms with van der Waals surface area (Å²) in [7, 11) is 1.60. The zero-order valence-corrected chi connectivity index (χ0v) is 30.4. The number of carbonyl (C=O) groups is 3. The lowest BCUT2D eigenvalue weighted by atomic mass is 9.97. The molecule has 2 N–H and O–H groups in total. The molecule has 2 aromatic carbocycles. The van der Waals surface area contributed by atoms with E-state index in [1.54, 1.807) is 38.8 Å². The number of nitrogens with one attached hydrogen (secondary N) is 2. The van der Waals surface area contributed by atoms with Crippen molar-refractivity contribution in [3.05, 3.63) is 79.8 Å². The Morgan fingerprint density at radius 1 is 1.10 bits per heavy atom. The van der Waals surface area contributed by atoms with Crippen molar-refractivity contribution in [2.45, 2.75) is 77.5 Å². The van der Waals surface area contributed by atoms with Gasteiger partial charge in [0.2, 0.25) is 5.91 Å². The van der Waals surface area contributed by atoms with E-state index in [2.05, 4.69) is 17.6 Å². The number of hydrogen-bond acceptors (Lipinski definition) is 7. The highest BCUT2D eigenvalue weighted by Gasteiger charge is 2.34. The molecule has 0 spiro atoms. The zero-order chi connectivity index (χ0) is 37.2. The normalized spacial score (nSPS) is 17.3. The Kier molecular flexibility index (Phi) is 11.1. The number of ether oxygens (including phenoxy) is 2. The third-order valence-electron chi connectivity index (χ3n) is 9.13. The van der Waals surface area contributed by atoms with Gasteiger partial charge in [0.15, 0.2) is 0 Å². The Morgan fingerprint density at radius 3 is 2.47 bits per heavy atom. The van der Waals surface area contributed by atoms with Crippen LogP contribution in [0, 0.1) is 5.82 Å². The molecule has 3 heterocycles. The van der Waals surface area contributed by atoms with Crippen LogP contribution in [0.15, 0.2) is 52.2 Å². The highest BCUT2D eigenvalue weighted by Crippen LogP contribution is 2.34. The van der Waals surface area contributed by atoms with Crippen molar-refractivity contribution in [1.29, 1.82) is 0 Å². The first kappa shape index (κ1) is 37.4. The lowest BCUT2D eigenvalue weighted by molar-refractivity contribution is -0.133. The molecule has 4 amide bonds. The predicted octanol–water partition coefficient (Wildman–Crippen LogP) is 5.21. The van der Waals surface area contributed by atoms with Crippen molar-refractivity contribution >= 4 is 35.3 Å². The van der Waals surface area contributed by atoms with Crippen LogP contribution in [-0.4, -0.2) is 81.9 Å². The van der Waals surface area contributed by atoms with Gasteiger partial charge in [0.05, 0.1) is 23.7 Å². The van der Waals surface area contributed by atoms with Crippen LogP contribution in [0.1, 0.15) is 65.0 Å². The van der Waals surface area contributed by atoms with Crippen LogP contribution in [0.3, 0.4) is 0 Å². The average Bonchev–Trinajstić information content (AvgIpc) is 3.20. The van der Waals surface area contributed by atoms with Crippen molar-refractivity contribution in [1.82, 2.24) is 24.3 Å². The van der Waals surface area contributed by atoms with E-state index in [0.717, 1.165) is 26.5 Å². The van der Waals surface area contributed by atoms with Crippen molar-refractivity contribution in [3.63, 3.8) is 0 Å². The summed E-state index contributed by atoms with van der Waals surface area (Å²) >= 11 is 6.26. The number of carbonyl (C=O) groups excluding carboxylic acids is 3. The number of benzene rings is 2. The van der Waals surface area contributed by atoms with E-state index in [4.69, 9.17) is 21.1 Å². The van der Waals surface area contributed by atoms with Crippen LogP contribution >= 0.6 is 11.6 Å². The van der Waals surface area contributed by atoms with Gasteiger partial charge in [0.25, 0.3) is 5.56 Å². The van der Waals surface area contributed by atoms with Gasteiger partial charge in [-0.3, -0.25) is 18.7 Å². The molecule has 3 aromatic rings. The van der Waals surface area contributed by atoms with Gasteiger partial charge in [-0.15, -0.1) is 0 Å². The molecular weight excluding hydrogens is 683 g/mol. The second-order valence-electron chi connectivity index (χ2n) is 14.1. The van der Waals surface area contributed by atoms with Crippen molar-refractivity contribution < 1.29 is 28.2 Å². The number of anilines is 1. The smallest absolute Gasteiger partial charge is 0.407 e. The maximum Gasteiger partial charge on any atom is 0.407 e. The number of methoxy groups -OCH3 is 1. The monoisotopic (exact) mass is 726 g/mol. The molecule has 13 nitrogen and oxygen atoms in total. The number of amides is 4. The number of alkyl carbamates (subject to hydrolysis) is 1. The van der Waals surface area contributed by atoms with E-state index in [1.807, 2.05) is 17.0 Å². The Balaban J connectivity index is 1.34. The molecule has 2 aliphatic heterocycles. The third-order valence-corrected chi connectivity index (χ3v) is 9.51. The largest absolute Gasteiger partial charge is 0.497 e. The second-order valence-corrected chi connectivity index (χ2v) is 14.5. The summed E-state index contributed by atoms with van der Waals surface area (Å²) in [6.07, 6.45) is 1.52. The lowest BCUT2D eigenvalue weighted by Gasteiger charge is -2.38. The second kappa shape index (κ2) is 15.2. The van der Waals surface area contributed by atoms with Gasteiger partial charge >= 0.3 is 17.8 Å². The van der Waals surface area contributed by atoms with Crippen LogP contribution in [0.25, 0.3) is 11.1 Å². The van der Waals surface area contributed by atoms with Crippen molar-refractivity contribution in [3.8, 4) is 16.9 Å². The average molecular weight is 727 g/mol. The summed E-state index contributed by atoms with van der Waals surface area (Å²) in [6, 6.07) is 8.27. The van der Waals surface area contributed by atoms with Crippen LogP contribution in [0.5, 0.6) is 5.75 Å². The summed E-state index contributed by atoms with van der Waals surface area (Å²) in [6.45, 7) is 9.32. The Labute approximate surface area is 300 Å².